The van der Waals surface area contributed by atoms with Crippen LogP contribution < -0.4 is 0 Å². The minimum Gasteiger partial charge on any atom is -0.378 e. The van der Waals surface area contributed by atoms with Crippen molar-refractivity contribution in [3.63, 3.8) is 0 Å². The number of aryl methyl sites for hydroxylation is 1. The third-order valence-corrected chi connectivity index (χ3v) is 12.7. The SMILES string of the molecule is CC.CC.CC(C)(C)C1(c2ccccc2)CC1.CC(C)(C)CC1CC1.CC(C)(C)CC1CCCO1.CC(C)(C)CCc1ccccc1.CC(C)(C)Cc1ccccc1.CC(C)(C)Cc1cccs1. The predicted molar refractivity (Wildman–Crippen MR) is 311 cm³/mol. The van der Waals surface area contributed by atoms with E-state index in [1.165, 1.54) is 92.2 Å². The van der Waals surface area contributed by atoms with Crippen molar-refractivity contribution in [3.8, 4) is 0 Å². The molecule has 1 atom stereocenters. The van der Waals surface area contributed by atoms with Crippen LogP contribution in [0.4, 0.5) is 0 Å². The van der Waals surface area contributed by atoms with E-state index in [1.807, 2.05) is 39.0 Å². The summed E-state index contributed by atoms with van der Waals surface area (Å²) in [6.45, 7) is 50.3. The highest BCUT2D eigenvalue weighted by molar-refractivity contribution is 7.09. The average molecular weight is 954 g/mol. The summed E-state index contributed by atoms with van der Waals surface area (Å²) >= 11 is 1.85. The van der Waals surface area contributed by atoms with Crippen molar-refractivity contribution in [2.75, 3.05) is 6.61 Å². The molecule has 0 spiro atoms. The van der Waals surface area contributed by atoms with Crippen molar-refractivity contribution in [3.05, 3.63) is 130 Å². The van der Waals surface area contributed by atoms with Gasteiger partial charge in [0.25, 0.3) is 0 Å². The van der Waals surface area contributed by atoms with E-state index in [1.54, 1.807) is 0 Å². The quantitative estimate of drug-likeness (QED) is 0.179. The van der Waals surface area contributed by atoms with Crippen LogP contribution in [0.3, 0.4) is 0 Å². The smallest absolute Gasteiger partial charge is 0.0581 e. The highest BCUT2D eigenvalue weighted by Crippen LogP contribution is 2.59. The molecule has 4 aromatic rings. The van der Waals surface area contributed by atoms with Crippen molar-refractivity contribution in [1.82, 2.24) is 0 Å². The van der Waals surface area contributed by atoms with Crippen molar-refractivity contribution in [1.29, 1.82) is 0 Å². The number of hydrogen-bond donors (Lipinski definition) is 0. The molecule has 1 nitrogen and oxygen atoms in total. The molecule has 3 aliphatic rings. The molecule has 68 heavy (non-hydrogen) atoms. The van der Waals surface area contributed by atoms with Crippen LogP contribution >= 0.6 is 11.3 Å². The lowest BCUT2D eigenvalue weighted by Gasteiger charge is -2.31. The first-order valence-corrected chi connectivity index (χ1v) is 28.1. The lowest BCUT2D eigenvalue weighted by molar-refractivity contribution is 0.0763. The van der Waals surface area contributed by atoms with E-state index in [9.17, 15) is 0 Å². The third-order valence-electron chi connectivity index (χ3n) is 11.8. The molecule has 2 saturated carbocycles. The largest absolute Gasteiger partial charge is 0.378 e. The zero-order valence-corrected chi connectivity index (χ0v) is 49.9. The normalized spacial score (nSPS) is 16.2. The molecule has 2 heterocycles. The summed E-state index contributed by atoms with van der Waals surface area (Å²) in [5.41, 5.74) is 7.62. The first-order valence-electron chi connectivity index (χ1n) is 27.2. The fraction of sp³-hybridized carbons (Fsp3) is 0.667. The number of hydrogen-bond acceptors (Lipinski definition) is 2. The maximum absolute atomic E-state index is 5.53. The zero-order chi connectivity index (χ0) is 52.3. The van der Waals surface area contributed by atoms with Gasteiger partial charge >= 0.3 is 0 Å². The van der Waals surface area contributed by atoms with E-state index in [0.29, 0.717) is 44.0 Å². The van der Waals surface area contributed by atoms with Gasteiger partial charge in [0.2, 0.25) is 0 Å². The number of ether oxygens (including phenoxy) is 1. The fourth-order valence-corrected chi connectivity index (χ4v) is 9.34. The number of benzene rings is 3. The summed E-state index contributed by atoms with van der Waals surface area (Å²) < 4.78 is 5.53. The van der Waals surface area contributed by atoms with Gasteiger partial charge in [-0.2, -0.15) is 0 Å². The summed E-state index contributed by atoms with van der Waals surface area (Å²) in [5.74, 6) is 1.09. The topological polar surface area (TPSA) is 9.23 Å². The molecule has 2 aliphatic carbocycles. The van der Waals surface area contributed by atoms with Crippen LogP contribution in [0.1, 0.15) is 232 Å². The van der Waals surface area contributed by atoms with Crippen LogP contribution in [0.25, 0.3) is 0 Å². The Balaban J connectivity index is 0.000000784. The molecule has 0 radical (unpaired) electrons. The number of rotatable bonds is 7. The van der Waals surface area contributed by atoms with Gasteiger partial charge in [-0.25, -0.2) is 0 Å². The minimum atomic E-state index is 0.404. The van der Waals surface area contributed by atoms with Gasteiger partial charge in [0.05, 0.1) is 6.10 Å². The van der Waals surface area contributed by atoms with E-state index < -0.39 is 0 Å². The molecule has 0 bridgehead atoms. The Kier molecular flexibility index (Phi) is 30.4. The summed E-state index contributed by atoms with van der Waals surface area (Å²) in [4.78, 5) is 1.49. The van der Waals surface area contributed by atoms with Crippen molar-refractivity contribution >= 4 is 11.3 Å². The monoisotopic (exact) mass is 953 g/mol. The average Bonchev–Trinajstić information content (AvgIpc) is 4.13. The van der Waals surface area contributed by atoms with E-state index >= 15 is 0 Å². The highest BCUT2D eigenvalue weighted by Gasteiger charge is 2.52. The second kappa shape index (κ2) is 31.6. The molecule has 1 aliphatic heterocycles. The maximum atomic E-state index is 5.53. The molecule has 1 aromatic heterocycles. The van der Waals surface area contributed by atoms with Crippen molar-refractivity contribution < 1.29 is 4.74 Å². The second-order valence-corrected chi connectivity index (χ2v) is 27.4. The predicted octanol–water partition coefficient (Wildman–Crippen LogP) is 21.5. The van der Waals surface area contributed by atoms with Gasteiger partial charge in [-0.1, -0.05) is 262 Å². The molecule has 0 N–H and O–H groups in total. The highest BCUT2D eigenvalue weighted by atomic mass is 32.1. The van der Waals surface area contributed by atoms with Crippen LogP contribution in [-0.4, -0.2) is 12.7 Å². The Labute approximate surface area is 429 Å². The van der Waals surface area contributed by atoms with Crippen LogP contribution in [0, 0.1) is 38.4 Å². The van der Waals surface area contributed by atoms with Crippen LogP contribution in [0.15, 0.2) is 109 Å². The molecule has 1 unspecified atom stereocenters. The summed E-state index contributed by atoms with van der Waals surface area (Å²) in [6.07, 6.45) is 16.3. The van der Waals surface area contributed by atoms with Crippen LogP contribution in [0.2, 0.25) is 0 Å². The second-order valence-electron chi connectivity index (χ2n) is 26.4. The Morgan fingerprint density at radius 3 is 1.26 bits per heavy atom. The Morgan fingerprint density at radius 2 is 0.941 bits per heavy atom. The Morgan fingerprint density at radius 1 is 0.485 bits per heavy atom. The van der Waals surface area contributed by atoms with E-state index in [2.05, 4.69) is 233 Å². The molecular weight excluding hydrogens is 841 g/mol. The third kappa shape index (κ3) is 34.6. The Hall–Kier alpha value is -2.68. The van der Waals surface area contributed by atoms with E-state index in [4.69, 9.17) is 4.74 Å². The zero-order valence-electron chi connectivity index (χ0n) is 49.1. The summed E-state index contributed by atoms with van der Waals surface area (Å²) in [7, 11) is 0. The van der Waals surface area contributed by atoms with Crippen LogP contribution in [-0.2, 0) is 29.4 Å². The van der Waals surface area contributed by atoms with Gasteiger partial charge in [-0.3, -0.25) is 0 Å². The summed E-state index contributed by atoms with van der Waals surface area (Å²) in [6, 6.07) is 36.6. The van der Waals surface area contributed by atoms with Gasteiger partial charge in [0.1, 0.15) is 0 Å². The molecular formula is C66H112OS. The van der Waals surface area contributed by atoms with Gasteiger partial charge in [0.15, 0.2) is 0 Å². The molecule has 7 rings (SSSR count). The van der Waals surface area contributed by atoms with E-state index in [-0.39, 0.29) is 0 Å². The lowest BCUT2D eigenvalue weighted by atomic mass is 9.73. The molecule has 3 aromatic carbocycles. The first kappa shape index (κ1) is 65.3. The fourth-order valence-electron chi connectivity index (χ4n) is 8.34. The van der Waals surface area contributed by atoms with Crippen molar-refractivity contribution in [2.24, 2.45) is 38.4 Å². The molecule has 1 saturated heterocycles. The lowest BCUT2D eigenvalue weighted by Crippen LogP contribution is -2.25. The van der Waals surface area contributed by atoms with Gasteiger partial charge < -0.3 is 4.74 Å². The molecule has 388 valence electrons. The van der Waals surface area contributed by atoms with Gasteiger partial charge in [0, 0.05) is 16.9 Å². The van der Waals surface area contributed by atoms with Crippen LogP contribution in [0.5, 0.6) is 0 Å². The number of thiophene rings is 1. The first-order chi connectivity index (χ1) is 31.5. The van der Waals surface area contributed by atoms with E-state index in [0.717, 1.165) is 18.9 Å². The Bertz CT molecular complexity index is 1730. The molecule has 3 fully saturated rings. The van der Waals surface area contributed by atoms with Gasteiger partial charge in [-0.15, -0.1) is 11.3 Å². The maximum Gasteiger partial charge on any atom is 0.0581 e. The molecule has 2 heteroatoms. The van der Waals surface area contributed by atoms with Crippen molar-refractivity contribution in [2.45, 2.75) is 241 Å². The summed E-state index contributed by atoms with van der Waals surface area (Å²) in [5, 5.41) is 2.14. The van der Waals surface area contributed by atoms with Gasteiger partial charge in [-0.05, 0) is 131 Å². The standard InChI is InChI=1S/C13H18.C12H18.C11H16.C9H18O.C9H14S.C8H16.2C2H6/c1-12(2,3)13(9-10-13)11-7-5-4-6-8-11;1-12(2,3)10-9-11-7-5-4-6-8-11;1-11(2,3)9-10-7-5-4-6-8-10;2*1-9(2,3)7-8-5-4-6-10-8;1-8(2,3)6-7-4-5-7;2*1-2/h4-8H,9-10H2,1-3H3;4-8H,9-10H2,1-3H3;4-8H,9H2,1-3H3;8H,4-7H2,1-3H3;4-6H,7H2,1-3H3;7H,4-6H2,1-3H3;2*1-2H3. The minimum absolute atomic E-state index is 0.404. The molecule has 0 amide bonds.